The second-order valence-corrected chi connectivity index (χ2v) is 3.12. The predicted octanol–water partition coefficient (Wildman–Crippen LogP) is 1.67. The highest BCUT2D eigenvalue weighted by Crippen LogP contribution is 2.07. The van der Waals surface area contributed by atoms with Crippen LogP contribution in [0.5, 0.6) is 0 Å². The standard InChI is InChI=1S/C10H18O4/c1-4-10(14-9(3)12)6-5-7-13-8(2)11/h10H,4-7H2,1-3H3. The lowest BCUT2D eigenvalue weighted by Gasteiger charge is -2.14. The van der Waals surface area contributed by atoms with Crippen LogP contribution < -0.4 is 0 Å². The van der Waals surface area contributed by atoms with E-state index in [1.165, 1.54) is 13.8 Å². The monoisotopic (exact) mass is 202 g/mol. The zero-order chi connectivity index (χ0) is 11.0. The summed E-state index contributed by atoms with van der Waals surface area (Å²) < 4.78 is 9.79. The molecule has 0 fully saturated rings. The first-order valence-electron chi connectivity index (χ1n) is 4.86. The van der Waals surface area contributed by atoms with E-state index in [2.05, 4.69) is 0 Å². The fraction of sp³-hybridized carbons (Fsp3) is 0.800. The van der Waals surface area contributed by atoms with Crippen LogP contribution in [0.3, 0.4) is 0 Å². The summed E-state index contributed by atoms with van der Waals surface area (Å²) in [7, 11) is 0. The Bertz CT molecular complexity index is 189. The van der Waals surface area contributed by atoms with Crippen molar-refractivity contribution in [3.63, 3.8) is 0 Å². The number of hydrogen-bond donors (Lipinski definition) is 0. The molecule has 0 aromatic heterocycles. The van der Waals surface area contributed by atoms with Crippen molar-refractivity contribution >= 4 is 11.9 Å². The van der Waals surface area contributed by atoms with Gasteiger partial charge in [0.1, 0.15) is 6.10 Å². The minimum absolute atomic E-state index is 0.0527. The Kier molecular flexibility index (Phi) is 6.80. The molecule has 4 heteroatoms. The molecule has 0 N–H and O–H groups in total. The Labute approximate surface area is 84.6 Å². The molecule has 0 aliphatic carbocycles. The molecule has 0 radical (unpaired) electrons. The van der Waals surface area contributed by atoms with Crippen LogP contribution in [0.2, 0.25) is 0 Å². The van der Waals surface area contributed by atoms with Gasteiger partial charge in [0.05, 0.1) is 6.61 Å². The van der Waals surface area contributed by atoms with Crippen molar-refractivity contribution in [2.75, 3.05) is 6.61 Å². The van der Waals surface area contributed by atoms with Gasteiger partial charge in [-0.05, 0) is 19.3 Å². The van der Waals surface area contributed by atoms with Gasteiger partial charge in [0.15, 0.2) is 0 Å². The largest absolute Gasteiger partial charge is 0.466 e. The smallest absolute Gasteiger partial charge is 0.302 e. The zero-order valence-electron chi connectivity index (χ0n) is 9.04. The third-order valence-electron chi connectivity index (χ3n) is 1.76. The van der Waals surface area contributed by atoms with Crippen LogP contribution in [-0.2, 0) is 19.1 Å². The highest BCUT2D eigenvalue weighted by Gasteiger charge is 2.08. The van der Waals surface area contributed by atoms with Gasteiger partial charge in [-0.1, -0.05) is 6.92 Å². The van der Waals surface area contributed by atoms with E-state index in [9.17, 15) is 9.59 Å². The van der Waals surface area contributed by atoms with E-state index in [1.807, 2.05) is 6.92 Å². The molecule has 0 spiro atoms. The second-order valence-electron chi connectivity index (χ2n) is 3.12. The molecule has 0 bridgehead atoms. The van der Waals surface area contributed by atoms with Crippen LogP contribution in [0.15, 0.2) is 0 Å². The molecule has 1 unspecified atom stereocenters. The maximum Gasteiger partial charge on any atom is 0.302 e. The first-order chi connectivity index (χ1) is 6.56. The van der Waals surface area contributed by atoms with E-state index >= 15 is 0 Å². The second kappa shape index (κ2) is 7.35. The van der Waals surface area contributed by atoms with Gasteiger partial charge in [-0.15, -0.1) is 0 Å². The molecule has 4 nitrogen and oxygen atoms in total. The normalized spacial score (nSPS) is 11.9. The van der Waals surface area contributed by atoms with E-state index in [0.717, 1.165) is 19.3 Å². The number of carbonyl (C=O) groups is 2. The van der Waals surface area contributed by atoms with E-state index in [-0.39, 0.29) is 18.0 Å². The quantitative estimate of drug-likeness (QED) is 0.485. The average Bonchev–Trinajstić information content (AvgIpc) is 2.09. The van der Waals surface area contributed by atoms with Gasteiger partial charge in [-0.3, -0.25) is 9.59 Å². The predicted molar refractivity (Wildman–Crippen MR) is 51.7 cm³/mol. The number of ether oxygens (including phenoxy) is 2. The van der Waals surface area contributed by atoms with Crippen molar-refractivity contribution in [2.24, 2.45) is 0 Å². The van der Waals surface area contributed by atoms with Gasteiger partial charge < -0.3 is 9.47 Å². The van der Waals surface area contributed by atoms with Crippen molar-refractivity contribution in [3.05, 3.63) is 0 Å². The van der Waals surface area contributed by atoms with E-state index in [0.29, 0.717) is 6.61 Å². The Morgan fingerprint density at radius 1 is 1.21 bits per heavy atom. The number of esters is 2. The van der Waals surface area contributed by atoms with Gasteiger partial charge in [-0.25, -0.2) is 0 Å². The Balaban J connectivity index is 3.52. The molecule has 0 rings (SSSR count). The molecule has 82 valence electrons. The highest BCUT2D eigenvalue weighted by atomic mass is 16.5. The van der Waals surface area contributed by atoms with Crippen LogP contribution in [0.4, 0.5) is 0 Å². The number of hydrogen-bond acceptors (Lipinski definition) is 4. The van der Waals surface area contributed by atoms with Gasteiger partial charge in [-0.2, -0.15) is 0 Å². The molecule has 0 aliphatic heterocycles. The minimum Gasteiger partial charge on any atom is -0.466 e. The van der Waals surface area contributed by atoms with Gasteiger partial charge in [0.25, 0.3) is 0 Å². The van der Waals surface area contributed by atoms with Crippen molar-refractivity contribution in [1.29, 1.82) is 0 Å². The Morgan fingerprint density at radius 3 is 2.29 bits per heavy atom. The van der Waals surface area contributed by atoms with Gasteiger partial charge in [0, 0.05) is 13.8 Å². The first-order valence-corrected chi connectivity index (χ1v) is 4.86. The zero-order valence-corrected chi connectivity index (χ0v) is 9.04. The minimum atomic E-state index is -0.273. The summed E-state index contributed by atoms with van der Waals surface area (Å²) in [6.07, 6.45) is 2.21. The maximum atomic E-state index is 10.6. The molecule has 1 atom stereocenters. The fourth-order valence-corrected chi connectivity index (χ4v) is 1.11. The average molecular weight is 202 g/mol. The van der Waals surface area contributed by atoms with Crippen LogP contribution in [0.1, 0.15) is 40.0 Å². The Hall–Kier alpha value is -1.06. The Morgan fingerprint density at radius 2 is 1.86 bits per heavy atom. The molecule has 14 heavy (non-hydrogen) atoms. The van der Waals surface area contributed by atoms with Crippen LogP contribution >= 0.6 is 0 Å². The van der Waals surface area contributed by atoms with E-state index in [1.54, 1.807) is 0 Å². The highest BCUT2D eigenvalue weighted by molar-refractivity contribution is 5.66. The topological polar surface area (TPSA) is 52.6 Å². The maximum absolute atomic E-state index is 10.6. The third-order valence-corrected chi connectivity index (χ3v) is 1.76. The molecule has 0 saturated carbocycles. The van der Waals surface area contributed by atoms with Crippen LogP contribution in [-0.4, -0.2) is 24.6 Å². The van der Waals surface area contributed by atoms with Crippen LogP contribution in [0.25, 0.3) is 0 Å². The van der Waals surface area contributed by atoms with Crippen molar-refractivity contribution in [3.8, 4) is 0 Å². The van der Waals surface area contributed by atoms with Crippen molar-refractivity contribution in [2.45, 2.75) is 46.1 Å². The lowest BCUT2D eigenvalue weighted by atomic mass is 10.1. The molecule has 0 aromatic carbocycles. The number of carbonyl (C=O) groups excluding carboxylic acids is 2. The van der Waals surface area contributed by atoms with E-state index in [4.69, 9.17) is 9.47 Å². The number of rotatable bonds is 6. The van der Waals surface area contributed by atoms with Crippen molar-refractivity contribution in [1.82, 2.24) is 0 Å². The summed E-state index contributed by atoms with van der Waals surface area (Å²) in [4.78, 5) is 21.1. The molecular formula is C10H18O4. The summed E-state index contributed by atoms with van der Waals surface area (Å²) in [5.41, 5.74) is 0. The molecule has 0 aromatic rings. The lowest BCUT2D eigenvalue weighted by molar-refractivity contribution is -0.148. The van der Waals surface area contributed by atoms with Gasteiger partial charge in [0.2, 0.25) is 0 Å². The summed E-state index contributed by atoms with van der Waals surface area (Å²) in [5.74, 6) is -0.533. The summed E-state index contributed by atoms with van der Waals surface area (Å²) in [6, 6.07) is 0. The molecule has 0 saturated heterocycles. The molecule has 0 heterocycles. The third kappa shape index (κ3) is 7.58. The SMILES string of the molecule is CCC(CCCOC(C)=O)OC(C)=O. The molecule has 0 amide bonds. The van der Waals surface area contributed by atoms with Crippen molar-refractivity contribution < 1.29 is 19.1 Å². The van der Waals surface area contributed by atoms with E-state index < -0.39 is 0 Å². The molecular weight excluding hydrogens is 184 g/mol. The molecule has 0 aliphatic rings. The summed E-state index contributed by atoms with van der Waals surface area (Å²) in [6.45, 7) is 5.13. The summed E-state index contributed by atoms with van der Waals surface area (Å²) in [5, 5.41) is 0. The van der Waals surface area contributed by atoms with Crippen LogP contribution in [0, 0.1) is 0 Å². The summed E-state index contributed by atoms with van der Waals surface area (Å²) >= 11 is 0. The first kappa shape index (κ1) is 12.9. The lowest BCUT2D eigenvalue weighted by Crippen LogP contribution is -2.16. The fourth-order valence-electron chi connectivity index (χ4n) is 1.11. The van der Waals surface area contributed by atoms with Gasteiger partial charge >= 0.3 is 11.9 Å².